The molecule has 3 rings (SSSR count). The Hall–Kier alpha value is -1.97. The summed E-state index contributed by atoms with van der Waals surface area (Å²) in [7, 11) is 4.10. The highest BCUT2D eigenvalue weighted by Gasteiger charge is 2.17. The number of hydrogen-bond donors (Lipinski definition) is 1. The van der Waals surface area contributed by atoms with Gasteiger partial charge in [0.15, 0.2) is 0 Å². The lowest BCUT2D eigenvalue weighted by Gasteiger charge is -2.22. The normalized spacial score (nSPS) is 12.6. The predicted octanol–water partition coefficient (Wildman–Crippen LogP) is 2.17. The van der Waals surface area contributed by atoms with Gasteiger partial charge in [-0.15, -0.1) is 0 Å². The van der Waals surface area contributed by atoms with Crippen molar-refractivity contribution in [3.8, 4) is 5.69 Å². The number of hydrogen-bond acceptors (Lipinski definition) is 3. The van der Waals surface area contributed by atoms with E-state index in [1.54, 1.807) is 0 Å². The zero-order valence-electron chi connectivity index (χ0n) is 10.4. The van der Waals surface area contributed by atoms with E-state index in [0.717, 1.165) is 23.6 Å². The van der Waals surface area contributed by atoms with Gasteiger partial charge in [-0.25, -0.2) is 4.68 Å². The summed E-state index contributed by atoms with van der Waals surface area (Å²) in [5.41, 5.74) is 5.74. The van der Waals surface area contributed by atoms with Gasteiger partial charge < -0.3 is 10.2 Å². The first-order valence-electron chi connectivity index (χ1n) is 5.76. The SMILES string of the molecule is Cc1cc2n(n1)-c1cc(N(C)C)ccc1NC2. The largest absolute Gasteiger partial charge is 0.378 e. The number of nitrogens with one attached hydrogen (secondary N) is 1. The van der Waals surface area contributed by atoms with E-state index in [2.05, 4.69) is 39.6 Å². The van der Waals surface area contributed by atoms with Crippen molar-refractivity contribution in [3.05, 3.63) is 35.7 Å². The van der Waals surface area contributed by atoms with E-state index < -0.39 is 0 Å². The van der Waals surface area contributed by atoms with Gasteiger partial charge in [-0.2, -0.15) is 5.10 Å². The maximum absolute atomic E-state index is 4.55. The van der Waals surface area contributed by atoms with Gasteiger partial charge in [0.1, 0.15) is 0 Å². The molecule has 0 saturated carbocycles. The minimum Gasteiger partial charge on any atom is -0.378 e. The molecule has 17 heavy (non-hydrogen) atoms. The van der Waals surface area contributed by atoms with Crippen LogP contribution in [0.15, 0.2) is 24.3 Å². The average Bonchev–Trinajstić information content (AvgIpc) is 2.69. The zero-order valence-corrected chi connectivity index (χ0v) is 10.4. The molecule has 1 aromatic heterocycles. The Kier molecular flexibility index (Phi) is 2.11. The molecule has 0 fully saturated rings. The van der Waals surface area contributed by atoms with Crippen LogP contribution in [0.2, 0.25) is 0 Å². The molecule has 2 heterocycles. The highest BCUT2D eigenvalue weighted by Crippen LogP contribution is 2.30. The number of rotatable bonds is 1. The maximum Gasteiger partial charge on any atom is 0.0901 e. The first kappa shape index (κ1) is 10.2. The smallest absolute Gasteiger partial charge is 0.0901 e. The van der Waals surface area contributed by atoms with Crippen LogP contribution in [0.5, 0.6) is 0 Å². The molecule has 1 aromatic carbocycles. The number of benzene rings is 1. The molecule has 1 N–H and O–H groups in total. The van der Waals surface area contributed by atoms with Crippen molar-refractivity contribution in [3.63, 3.8) is 0 Å². The van der Waals surface area contributed by atoms with Crippen LogP contribution < -0.4 is 10.2 Å². The van der Waals surface area contributed by atoms with Crippen LogP contribution in [0.4, 0.5) is 11.4 Å². The monoisotopic (exact) mass is 228 g/mol. The molecule has 4 heteroatoms. The lowest BCUT2D eigenvalue weighted by molar-refractivity contribution is 0.787. The summed E-state index contributed by atoms with van der Waals surface area (Å²) in [6.45, 7) is 2.87. The van der Waals surface area contributed by atoms with Gasteiger partial charge >= 0.3 is 0 Å². The second-order valence-electron chi connectivity index (χ2n) is 4.64. The van der Waals surface area contributed by atoms with Crippen LogP contribution in [0.3, 0.4) is 0 Å². The van der Waals surface area contributed by atoms with Crippen LogP contribution >= 0.6 is 0 Å². The first-order chi connectivity index (χ1) is 8.15. The Balaban J connectivity index is 2.18. The Labute approximate surface area is 101 Å². The third kappa shape index (κ3) is 1.56. The van der Waals surface area contributed by atoms with Crippen LogP contribution in [0.1, 0.15) is 11.4 Å². The van der Waals surface area contributed by atoms with E-state index in [4.69, 9.17) is 0 Å². The van der Waals surface area contributed by atoms with Crippen molar-refractivity contribution in [1.29, 1.82) is 0 Å². The van der Waals surface area contributed by atoms with Gasteiger partial charge in [-0.05, 0) is 31.2 Å². The lowest BCUT2D eigenvalue weighted by Crippen LogP contribution is -2.17. The van der Waals surface area contributed by atoms with E-state index in [0.29, 0.717) is 0 Å². The summed E-state index contributed by atoms with van der Waals surface area (Å²) >= 11 is 0. The van der Waals surface area contributed by atoms with Crippen LogP contribution in [-0.4, -0.2) is 23.9 Å². The van der Waals surface area contributed by atoms with Crippen molar-refractivity contribution in [2.45, 2.75) is 13.5 Å². The summed E-state index contributed by atoms with van der Waals surface area (Å²) < 4.78 is 2.04. The summed E-state index contributed by atoms with van der Waals surface area (Å²) in [6.07, 6.45) is 0. The molecule has 88 valence electrons. The average molecular weight is 228 g/mol. The predicted molar refractivity (Wildman–Crippen MR) is 70.0 cm³/mol. The zero-order chi connectivity index (χ0) is 12.0. The second kappa shape index (κ2) is 3.52. The highest BCUT2D eigenvalue weighted by atomic mass is 15.3. The quantitative estimate of drug-likeness (QED) is 0.812. The number of anilines is 2. The van der Waals surface area contributed by atoms with E-state index in [1.807, 2.05) is 25.7 Å². The maximum atomic E-state index is 4.55. The Morgan fingerprint density at radius 1 is 1.29 bits per heavy atom. The molecule has 4 nitrogen and oxygen atoms in total. The van der Waals surface area contributed by atoms with Gasteiger partial charge in [0.05, 0.1) is 29.3 Å². The van der Waals surface area contributed by atoms with Gasteiger partial charge in [0, 0.05) is 19.8 Å². The summed E-state index contributed by atoms with van der Waals surface area (Å²) in [4.78, 5) is 2.10. The van der Waals surface area contributed by atoms with Gasteiger partial charge in [-0.3, -0.25) is 0 Å². The molecule has 2 aromatic rings. The molecule has 0 unspecified atom stereocenters. The van der Waals surface area contributed by atoms with Crippen molar-refractivity contribution in [2.24, 2.45) is 0 Å². The summed E-state index contributed by atoms with van der Waals surface area (Å²) in [5, 5.41) is 7.97. The second-order valence-corrected chi connectivity index (χ2v) is 4.64. The third-order valence-electron chi connectivity index (χ3n) is 3.09. The van der Waals surface area contributed by atoms with E-state index in [-0.39, 0.29) is 0 Å². The fourth-order valence-electron chi connectivity index (χ4n) is 2.20. The molecule has 0 aliphatic carbocycles. The van der Waals surface area contributed by atoms with Crippen LogP contribution in [-0.2, 0) is 6.54 Å². The van der Waals surface area contributed by atoms with Crippen molar-refractivity contribution < 1.29 is 0 Å². The van der Waals surface area contributed by atoms with Crippen molar-refractivity contribution in [2.75, 3.05) is 24.3 Å². The van der Waals surface area contributed by atoms with Gasteiger partial charge in [-0.1, -0.05) is 0 Å². The van der Waals surface area contributed by atoms with Crippen LogP contribution in [0.25, 0.3) is 5.69 Å². The fraction of sp³-hybridized carbons (Fsp3) is 0.308. The molecule has 0 bridgehead atoms. The Bertz CT molecular complexity index is 569. The molecule has 1 aliphatic rings. The van der Waals surface area contributed by atoms with Gasteiger partial charge in [0.2, 0.25) is 0 Å². The number of aryl methyl sites for hydroxylation is 1. The standard InChI is InChI=1S/C13H16N4/c1-9-6-11-8-14-12-5-4-10(16(2)3)7-13(12)17(11)15-9/h4-7,14H,8H2,1-3H3. The Morgan fingerprint density at radius 2 is 2.12 bits per heavy atom. The molecule has 0 spiro atoms. The molecule has 0 amide bonds. The summed E-state index contributed by atoms with van der Waals surface area (Å²) in [5.74, 6) is 0. The third-order valence-corrected chi connectivity index (χ3v) is 3.09. The Morgan fingerprint density at radius 3 is 2.88 bits per heavy atom. The molecule has 0 atom stereocenters. The lowest BCUT2D eigenvalue weighted by atomic mass is 10.2. The number of fused-ring (bicyclic) bond motifs is 3. The van der Waals surface area contributed by atoms with E-state index >= 15 is 0 Å². The van der Waals surface area contributed by atoms with Crippen molar-refractivity contribution >= 4 is 11.4 Å². The highest BCUT2D eigenvalue weighted by molar-refractivity contribution is 5.69. The molecular weight excluding hydrogens is 212 g/mol. The molecule has 0 saturated heterocycles. The number of nitrogens with zero attached hydrogens (tertiary/aromatic N) is 3. The topological polar surface area (TPSA) is 33.1 Å². The minimum absolute atomic E-state index is 0.842. The molecular formula is C13H16N4. The minimum atomic E-state index is 0.842. The fourth-order valence-corrected chi connectivity index (χ4v) is 2.20. The number of aromatic nitrogens is 2. The van der Waals surface area contributed by atoms with Crippen molar-refractivity contribution in [1.82, 2.24) is 9.78 Å². The molecule has 1 aliphatic heterocycles. The van der Waals surface area contributed by atoms with Gasteiger partial charge in [0.25, 0.3) is 0 Å². The van der Waals surface area contributed by atoms with E-state index in [9.17, 15) is 0 Å². The molecule has 0 radical (unpaired) electrons. The summed E-state index contributed by atoms with van der Waals surface area (Å²) in [6, 6.07) is 8.52. The van der Waals surface area contributed by atoms with Crippen LogP contribution in [0, 0.1) is 6.92 Å². The van der Waals surface area contributed by atoms with E-state index in [1.165, 1.54) is 11.4 Å². The first-order valence-corrected chi connectivity index (χ1v) is 5.76.